The third-order valence-corrected chi connectivity index (χ3v) is 13.8. The van der Waals surface area contributed by atoms with Crippen molar-refractivity contribution in [2.45, 2.75) is 90.9 Å². The molecule has 2 aliphatic rings. The molecule has 0 saturated carbocycles. The molecule has 0 unspecified atom stereocenters. The number of hydrogen-bond donors (Lipinski definition) is 0. The molecule has 0 bridgehead atoms. The fraction of sp³-hybridized carbons (Fsp3) is 0.237. The van der Waals surface area contributed by atoms with E-state index < -0.39 is 5.82 Å². The van der Waals surface area contributed by atoms with Gasteiger partial charge in [0.2, 0.25) is 0 Å². The second-order valence-electron chi connectivity index (χ2n) is 20.6. The van der Waals surface area contributed by atoms with E-state index in [2.05, 4.69) is 172 Å². The van der Waals surface area contributed by atoms with E-state index in [9.17, 15) is 0 Å². The van der Waals surface area contributed by atoms with Crippen LogP contribution in [-0.4, -0.2) is 4.98 Å². The van der Waals surface area contributed by atoms with Gasteiger partial charge in [-0.1, -0.05) is 166 Å². The molecule has 3 heteroatoms. The average molecular weight is 987 g/mol. The van der Waals surface area contributed by atoms with Crippen molar-refractivity contribution in [2.24, 2.45) is 0 Å². The molecule has 1 radical (unpaired) electrons. The number of benzene rings is 7. The van der Waals surface area contributed by atoms with Crippen molar-refractivity contribution in [3.8, 4) is 66.9 Å². The standard InChI is InChI=1S/C59H53FN.Ir/c1-56(2,3)43-17-21-49-47-19-15-36(31-51(47)58(7,8)53(49)33-43)38-25-39(37-16-20-48-50-22-18-44(57(4,5)6)34-54(50)59(9,10)52(48)32-37)27-40(26-38)41-28-42(30-45(60)29-41)55-46-14-12-11-13-35(46)23-24-61-55;/h11-29,31-34H,1-10H3;/q-1;. The van der Waals surface area contributed by atoms with E-state index in [1.807, 2.05) is 30.3 Å². The van der Waals surface area contributed by atoms with E-state index in [0.717, 1.165) is 49.8 Å². The number of hydrogen-bond acceptors (Lipinski definition) is 1. The van der Waals surface area contributed by atoms with Gasteiger partial charge in [-0.15, -0.1) is 17.7 Å². The third-order valence-electron chi connectivity index (χ3n) is 13.8. The van der Waals surface area contributed by atoms with Crippen LogP contribution in [-0.2, 0) is 41.8 Å². The Labute approximate surface area is 380 Å². The summed E-state index contributed by atoms with van der Waals surface area (Å²) in [7, 11) is 0. The molecule has 0 fully saturated rings. The monoisotopic (exact) mass is 987 g/mol. The van der Waals surface area contributed by atoms with Gasteiger partial charge in [-0.25, -0.2) is 4.39 Å². The van der Waals surface area contributed by atoms with Gasteiger partial charge in [-0.2, -0.15) is 0 Å². The predicted octanol–water partition coefficient (Wildman–Crippen LogP) is 16.0. The summed E-state index contributed by atoms with van der Waals surface area (Å²) >= 11 is 0. The average Bonchev–Trinajstić information content (AvgIpc) is 3.60. The van der Waals surface area contributed by atoms with Crippen molar-refractivity contribution < 1.29 is 24.5 Å². The van der Waals surface area contributed by atoms with Crippen molar-refractivity contribution in [3.63, 3.8) is 0 Å². The van der Waals surface area contributed by atoms with Crippen LogP contribution in [0.4, 0.5) is 4.39 Å². The summed E-state index contributed by atoms with van der Waals surface area (Å²) in [6.07, 6.45) is 1.80. The number of rotatable bonds is 4. The molecular weight excluding hydrogens is 934 g/mol. The van der Waals surface area contributed by atoms with Gasteiger partial charge in [0.25, 0.3) is 0 Å². The van der Waals surface area contributed by atoms with Crippen molar-refractivity contribution in [1.29, 1.82) is 0 Å². The van der Waals surface area contributed by atoms with Gasteiger partial charge < -0.3 is 4.98 Å². The molecule has 1 nitrogen and oxygen atoms in total. The van der Waals surface area contributed by atoms with Gasteiger partial charge in [0.15, 0.2) is 0 Å². The molecule has 0 aliphatic heterocycles. The minimum atomic E-state index is -0.410. The SMILES string of the molecule is CC(C)(C)c1ccc2c(c1)C(C)(C)c1cc(-c3cc(-c4cc(F)[c-]c(-c5nccc6ccccc56)c4)cc(-c4ccc5c(c4)C(C)(C)c4cc(C(C)(C)C)ccc4-5)c3)ccc1-2.[Ir]. The topological polar surface area (TPSA) is 12.9 Å². The minimum absolute atomic E-state index is 0. The zero-order valence-electron chi connectivity index (χ0n) is 37.4. The number of aromatic nitrogens is 1. The zero-order chi connectivity index (χ0) is 42.8. The summed E-state index contributed by atoms with van der Waals surface area (Å²) < 4.78 is 15.9. The number of nitrogens with zero attached hydrogens (tertiary/aromatic N) is 1. The van der Waals surface area contributed by atoms with E-state index >= 15 is 4.39 Å². The number of halogens is 1. The molecule has 0 atom stereocenters. The Balaban J connectivity index is 0.00000490. The summed E-state index contributed by atoms with van der Waals surface area (Å²) in [5.74, 6) is -0.410. The van der Waals surface area contributed by atoms with Crippen LogP contribution >= 0.6 is 0 Å². The molecule has 62 heavy (non-hydrogen) atoms. The van der Waals surface area contributed by atoms with Crippen LogP contribution in [0.3, 0.4) is 0 Å². The molecule has 2 aliphatic carbocycles. The number of fused-ring (bicyclic) bond motifs is 7. The Morgan fingerprint density at radius 3 is 1.40 bits per heavy atom. The molecule has 0 N–H and O–H groups in total. The summed E-state index contributed by atoms with van der Waals surface area (Å²) in [4.78, 5) is 4.75. The van der Waals surface area contributed by atoms with Crippen LogP contribution in [0.1, 0.15) is 103 Å². The molecule has 0 saturated heterocycles. The molecule has 1 aromatic heterocycles. The smallest absolute Gasteiger partial charge is 0.0410 e. The Morgan fingerprint density at radius 2 is 0.903 bits per heavy atom. The van der Waals surface area contributed by atoms with E-state index in [1.54, 1.807) is 12.3 Å². The van der Waals surface area contributed by atoms with Crippen LogP contribution in [0.2, 0.25) is 0 Å². The minimum Gasteiger partial charge on any atom is -0.304 e. The summed E-state index contributed by atoms with van der Waals surface area (Å²) in [6.45, 7) is 23.1. The maximum Gasteiger partial charge on any atom is 0.0410 e. The molecule has 8 aromatic rings. The quantitative estimate of drug-likeness (QED) is 0.160. The van der Waals surface area contributed by atoms with Crippen molar-refractivity contribution in [1.82, 2.24) is 4.98 Å². The molecule has 10 rings (SSSR count). The van der Waals surface area contributed by atoms with E-state index in [1.165, 1.54) is 55.6 Å². The maximum atomic E-state index is 15.9. The first-order chi connectivity index (χ1) is 28.9. The molecule has 0 amide bonds. The van der Waals surface area contributed by atoms with Crippen LogP contribution in [0.15, 0.2) is 140 Å². The van der Waals surface area contributed by atoms with Gasteiger partial charge in [-0.3, -0.25) is 0 Å². The first-order valence-corrected chi connectivity index (χ1v) is 21.7. The van der Waals surface area contributed by atoms with Crippen molar-refractivity contribution in [2.75, 3.05) is 0 Å². The first-order valence-electron chi connectivity index (χ1n) is 21.7. The van der Waals surface area contributed by atoms with Gasteiger partial charge in [0.05, 0.1) is 0 Å². The van der Waals surface area contributed by atoms with Crippen LogP contribution in [0, 0.1) is 11.9 Å². The van der Waals surface area contributed by atoms with Crippen molar-refractivity contribution in [3.05, 3.63) is 185 Å². The Hall–Kier alpha value is -5.47. The Bertz CT molecular complexity index is 2970. The zero-order valence-corrected chi connectivity index (χ0v) is 39.8. The summed E-state index contributed by atoms with van der Waals surface area (Å²) in [6, 6.07) is 51.6. The second-order valence-corrected chi connectivity index (χ2v) is 20.6. The van der Waals surface area contributed by atoms with E-state index in [0.29, 0.717) is 5.56 Å². The summed E-state index contributed by atoms with van der Waals surface area (Å²) in [5, 5.41) is 2.03. The fourth-order valence-electron chi connectivity index (χ4n) is 10.1. The van der Waals surface area contributed by atoms with Crippen LogP contribution in [0.25, 0.3) is 77.7 Å². The van der Waals surface area contributed by atoms with Gasteiger partial charge >= 0.3 is 0 Å². The van der Waals surface area contributed by atoms with Gasteiger partial charge in [0, 0.05) is 42.9 Å². The summed E-state index contributed by atoms with van der Waals surface area (Å²) in [5.41, 5.74) is 20.7. The van der Waals surface area contributed by atoms with Crippen LogP contribution < -0.4 is 0 Å². The molecular formula is C59H53FIrN-. The Kier molecular flexibility index (Phi) is 9.82. The Morgan fingerprint density at radius 1 is 0.468 bits per heavy atom. The predicted molar refractivity (Wildman–Crippen MR) is 255 cm³/mol. The molecule has 7 aromatic carbocycles. The van der Waals surface area contributed by atoms with Crippen LogP contribution in [0.5, 0.6) is 0 Å². The maximum absolute atomic E-state index is 15.9. The fourth-order valence-corrected chi connectivity index (χ4v) is 10.1. The van der Waals surface area contributed by atoms with Crippen molar-refractivity contribution >= 4 is 10.8 Å². The normalized spacial score (nSPS) is 14.5. The largest absolute Gasteiger partial charge is 0.304 e. The van der Waals surface area contributed by atoms with Gasteiger partial charge in [-0.05, 0) is 147 Å². The van der Waals surface area contributed by atoms with Gasteiger partial charge in [0.1, 0.15) is 0 Å². The molecule has 311 valence electrons. The van der Waals surface area contributed by atoms with E-state index in [4.69, 9.17) is 4.98 Å². The number of pyridine rings is 1. The second kappa shape index (κ2) is 14.5. The van der Waals surface area contributed by atoms with E-state index in [-0.39, 0.29) is 41.8 Å². The third kappa shape index (κ3) is 6.80. The molecule has 0 spiro atoms. The molecule has 1 heterocycles. The first kappa shape index (κ1) is 41.9.